The molecule has 1 fully saturated rings. The van der Waals surface area contributed by atoms with Crippen molar-refractivity contribution >= 4 is 28.5 Å². The van der Waals surface area contributed by atoms with E-state index >= 15 is 0 Å². The normalized spacial score (nSPS) is 15.4. The third-order valence-electron chi connectivity index (χ3n) is 5.85. The van der Waals surface area contributed by atoms with Gasteiger partial charge < -0.3 is 35.5 Å². The van der Waals surface area contributed by atoms with Crippen LogP contribution in [0, 0.1) is 5.82 Å². The topological polar surface area (TPSA) is 116 Å². The number of halogens is 4. The standard InChI is InChI=1S/C25H24F4N6O3/c26-18-3-1-14(25(27,28)29)11-20(18)33-23-32-19-4-2-16(12-21(19)34-23)37-17-7-10-31-22(13-17)35-24(36)38-15-5-8-30-9-6-15/h1-4,7,10-13,15,24,30,36H,5-6,8-9H2,(H,31,35)(H2,32,33,34). The van der Waals surface area contributed by atoms with Gasteiger partial charge in [0.05, 0.1) is 28.4 Å². The first-order valence-electron chi connectivity index (χ1n) is 11.8. The van der Waals surface area contributed by atoms with Gasteiger partial charge in [-0.2, -0.15) is 13.2 Å². The van der Waals surface area contributed by atoms with Crippen molar-refractivity contribution in [1.29, 1.82) is 0 Å². The predicted molar refractivity (Wildman–Crippen MR) is 132 cm³/mol. The summed E-state index contributed by atoms with van der Waals surface area (Å²) in [5, 5.41) is 18.8. The number of alkyl halides is 3. The van der Waals surface area contributed by atoms with Crippen LogP contribution in [0.15, 0.2) is 54.7 Å². The van der Waals surface area contributed by atoms with E-state index in [0.29, 0.717) is 40.5 Å². The van der Waals surface area contributed by atoms with Crippen LogP contribution in [-0.4, -0.2) is 45.7 Å². The van der Waals surface area contributed by atoms with Crippen LogP contribution in [0.4, 0.5) is 35.0 Å². The molecule has 1 saturated heterocycles. The first-order chi connectivity index (χ1) is 18.2. The maximum absolute atomic E-state index is 14.1. The number of aliphatic hydroxyl groups excluding tert-OH is 1. The number of hydrogen-bond acceptors (Lipinski definition) is 8. The molecule has 13 heteroatoms. The van der Waals surface area contributed by atoms with Gasteiger partial charge in [0.1, 0.15) is 23.1 Å². The van der Waals surface area contributed by atoms with Crippen molar-refractivity contribution in [1.82, 2.24) is 20.3 Å². The highest BCUT2D eigenvalue weighted by Crippen LogP contribution is 2.33. The van der Waals surface area contributed by atoms with Crippen LogP contribution in [0.2, 0.25) is 0 Å². The van der Waals surface area contributed by atoms with Gasteiger partial charge in [-0.25, -0.2) is 14.4 Å². The van der Waals surface area contributed by atoms with Crippen molar-refractivity contribution in [2.75, 3.05) is 23.7 Å². The highest BCUT2D eigenvalue weighted by atomic mass is 19.4. The number of aromatic nitrogens is 3. The van der Waals surface area contributed by atoms with Crippen LogP contribution in [0.5, 0.6) is 11.5 Å². The number of benzene rings is 2. The molecule has 5 rings (SSSR count). The van der Waals surface area contributed by atoms with Crippen molar-refractivity contribution in [2.24, 2.45) is 0 Å². The Bertz CT molecular complexity index is 1410. The number of aliphatic hydroxyl groups is 1. The molecule has 0 spiro atoms. The number of piperidine rings is 1. The summed E-state index contributed by atoms with van der Waals surface area (Å²) < 4.78 is 64.6. The van der Waals surface area contributed by atoms with Gasteiger partial charge in [0, 0.05) is 18.3 Å². The molecule has 4 aromatic rings. The average Bonchev–Trinajstić information content (AvgIpc) is 3.27. The van der Waals surface area contributed by atoms with Gasteiger partial charge in [0.15, 0.2) is 0 Å². The van der Waals surface area contributed by atoms with E-state index < -0.39 is 24.0 Å². The fourth-order valence-electron chi connectivity index (χ4n) is 4.00. The lowest BCUT2D eigenvalue weighted by Gasteiger charge is -2.26. The maximum atomic E-state index is 14.1. The molecule has 1 unspecified atom stereocenters. The Labute approximate surface area is 214 Å². The number of pyridine rings is 1. The van der Waals surface area contributed by atoms with Crippen molar-refractivity contribution in [2.45, 2.75) is 31.5 Å². The lowest BCUT2D eigenvalue weighted by molar-refractivity contribution is -0.137. The Morgan fingerprint density at radius 1 is 1.03 bits per heavy atom. The van der Waals surface area contributed by atoms with Gasteiger partial charge in [-0.15, -0.1) is 0 Å². The zero-order chi connectivity index (χ0) is 26.7. The Morgan fingerprint density at radius 2 is 1.82 bits per heavy atom. The average molecular weight is 532 g/mol. The van der Waals surface area contributed by atoms with Crippen LogP contribution < -0.4 is 20.7 Å². The molecule has 0 aliphatic carbocycles. The second-order valence-electron chi connectivity index (χ2n) is 8.64. The zero-order valence-electron chi connectivity index (χ0n) is 19.8. The summed E-state index contributed by atoms with van der Waals surface area (Å²) >= 11 is 0. The maximum Gasteiger partial charge on any atom is 0.416 e. The molecule has 2 aromatic heterocycles. The van der Waals surface area contributed by atoms with E-state index in [-0.39, 0.29) is 17.7 Å². The second kappa shape index (κ2) is 10.8. The van der Waals surface area contributed by atoms with Crippen molar-refractivity contribution < 1.29 is 32.1 Å². The third-order valence-corrected chi connectivity index (χ3v) is 5.85. The number of aromatic amines is 1. The first-order valence-corrected chi connectivity index (χ1v) is 11.8. The van der Waals surface area contributed by atoms with Crippen molar-refractivity contribution in [3.8, 4) is 11.5 Å². The summed E-state index contributed by atoms with van der Waals surface area (Å²) in [4.78, 5) is 11.3. The number of hydrogen-bond donors (Lipinski definition) is 5. The molecule has 0 radical (unpaired) electrons. The number of H-pyrrole nitrogens is 1. The quantitative estimate of drug-likeness (QED) is 0.157. The van der Waals surface area contributed by atoms with Gasteiger partial charge in [-0.05, 0) is 62.3 Å². The molecule has 0 saturated carbocycles. The van der Waals surface area contributed by atoms with Crippen LogP contribution in [0.1, 0.15) is 18.4 Å². The number of anilines is 3. The molecule has 1 aliphatic rings. The summed E-state index contributed by atoms with van der Waals surface area (Å²) in [5.41, 5.74) is -0.346. The van der Waals surface area contributed by atoms with E-state index in [0.717, 1.165) is 32.0 Å². The molecule has 2 aromatic carbocycles. The third kappa shape index (κ3) is 6.30. The smallest absolute Gasteiger partial charge is 0.416 e. The van der Waals surface area contributed by atoms with Gasteiger partial charge in [0.2, 0.25) is 12.4 Å². The Balaban J connectivity index is 1.26. The first kappa shape index (κ1) is 25.7. The molecule has 1 aliphatic heterocycles. The van der Waals surface area contributed by atoms with E-state index in [1.54, 1.807) is 30.3 Å². The minimum atomic E-state index is -4.61. The molecular formula is C25H24F4N6O3. The van der Waals surface area contributed by atoms with Crippen LogP contribution in [0.3, 0.4) is 0 Å². The molecule has 1 atom stereocenters. The molecule has 200 valence electrons. The molecular weight excluding hydrogens is 508 g/mol. The molecule has 3 heterocycles. The number of nitrogens with one attached hydrogen (secondary N) is 4. The minimum Gasteiger partial charge on any atom is -0.457 e. The van der Waals surface area contributed by atoms with E-state index in [9.17, 15) is 22.7 Å². The lowest BCUT2D eigenvalue weighted by atomic mass is 10.1. The minimum absolute atomic E-state index is 0.0521. The summed E-state index contributed by atoms with van der Waals surface area (Å²) in [5.74, 6) is 0.423. The van der Waals surface area contributed by atoms with Crippen molar-refractivity contribution in [3.63, 3.8) is 0 Å². The number of imidazole rings is 1. The SMILES string of the molecule is OC(Nc1cc(Oc2ccc3nc(Nc4cc(C(F)(F)F)ccc4F)[nH]c3c2)ccn1)OC1CCNCC1. The van der Waals surface area contributed by atoms with Gasteiger partial charge >= 0.3 is 6.18 Å². The number of fused-ring (bicyclic) bond motifs is 1. The highest BCUT2D eigenvalue weighted by Gasteiger charge is 2.31. The highest BCUT2D eigenvalue weighted by molar-refractivity contribution is 5.80. The Morgan fingerprint density at radius 3 is 2.61 bits per heavy atom. The number of rotatable bonds is 8. The summed E-state index contributed by atoms with van der Waals surface area (Å²) in [6.45, 7) is 1.67. The van der Waals surface area contributed by atoms with E-state index in [1.807, 2.05) is 0 Å². The lowest BCUT2D eigenvalue weighted by Crippen LogP contribution is -2.37. The van der Waals surface area contributed by atoms with Crippen LogP contribution >= 0.6 is 0 Å². The summed E-state index contributed by atoms with van der Waals surface area (Å²) in [6, 6.07) is 10.3. The molecule has 0 bridgehead atoms. The van der Waals surface area contributed by atoms with E-state index in [4.69, 9.17) is 9.47 Å². The summed E-state index contributed by atoms with van der Waals surface area (Å²) in [6.07, 6.45) is -2.77. The number of nitrogens with zero attached hydrogens (tertiary/aromatic N) is 2. The van der Waals surface area contributed by atoms with E-state index in [1.165, 1.54) is 6.20 Å². The largest absolute Gasteiger partial charge is 0.457 e. The number of ether oxygens (including phenoxy) is 2. The molecule has 0 amide bonds. The van der Waals surface area contributed by atoms with Crippen molar-refractivity contribution in [3.05, 3.63) is 66.1 Å². The van der Waals surface area contributed by atoms with Crippen LogP contribution in [0.25, 0.3) is 11.0 Å². The monoisotopic (exact) mass is 532 g/mol. The Kier molecular flexibility index (Phi) is 7.31. The fraction of sp³-hybridized carbons (Fsp3) is 0.280. The zero-order valence-corrected chi connectivity index (χ0v) is 19.8. The molecule has 9 nitrogen and oxygen atoms in total. The fourth-order valence-corrected chi connectivity index (χ4v) is 4.00. The van der Waals surface area contributed by atoms with Gasteiger partial charge in [-0.1, -0.05) is 0 Å². The van der Waals surface area contributed by atoms with E-state index in [2.05, 4.69) is 30.9 Å². The Hall–Kier alpha value is -3.94. The van der Waals surface area contributed by atoms with Crippen LogP contribution in [-0.2, 0) is 10.9 Å². The molecule has 38 heavy (non-hydrogen) atoms. The van der Waals surface area contributed by atoms with Gasteiger partial charge in [0.25, 0.3) is 0 Å². The van der Waals surface area contributed by atoms with Gasteiger partial charge in [-0.3, -0.25) is 0 Å². The summed E-state index contributed by atoms with van der Waals surface area (Å²) in [7, 11) is 0. The second-order valence-corrected chi connectivity index (χ2v) is 8.64. The predicted octanol–water partition coefficient (Wildman–Crippen LogP) is 5.11. The molecule has 5 N–H and O–H groups in total.